The van der Waals surface area contributed by atoms with Crippen LogP contribution in [0.2, 0.25) is 0 Å². The fourth-order valence-corrected chi connectivity index (χ4v) is 2.73. The Bertz CT molecular complexity index is 552. The molecule has 3 amide bonds. The largest absolute Gasteiger partial charge is 0.381 e. The van der Waals surface area contributed by atoms with Crippen LogP contribution in [-0.2, 0) is 11.3 Å². The molecule has 0 atom stereocenters. The minimum Gasteiger partial charge on any atom is -0.381 e. The van der Waals surface area contributed by atoms with Gasteiger partial charge in [-0.2, -0.15) is 5.10 Å². The van der Waals surface area contributed by atoms with Crippen molar-refractivity contribution in [3.8, 4) is 0 Å². The van der Waals surface area contributed by atoms with Crippen molar-refractivity contribution in [3.05, 3.63) is 18.0 Å². The molecule has 1 fully saturated rings. The Morgan fingerprint density at radius 3 is 2.67 bits per heavy atom. The van der Waals surface area contributed by atoms with E-state index in [0.717, 1.165) is 19.4 Å². The van der Waals surface area contributed by atoms with Crippen LogP contribution in [0.3, 0.4) is 0 Å². The van der Waals surface area contributed by atoms with Gasteiger partial charge in [0.2, 0.25) is 0 Å². The topological polar surface area (TPSA) is 79.7 Å². The fraction of sp³-hybridized carbons (Fsp3) is 0.688. The van der Waals surface area contributed by atoms with Crippen LogP contribution in [0.25, 0.3) is 0 Å². The number of carbonyl (C=O) groups excluding carboxylic acids is 2. The third-order valence-corrected chi connectivity index (χ3v) is 4.12. The molecule has 2 rings (SSSR count). The Morgan fingerprint density at radius 2 is 2.08 bits per heavy atom. The normalized spacial score (nSPS) is 15.1. The average Bonchev–Trinajstić information content (AvgIpc) is 3.08. The summed E-state index contributed by atoms with van der Waals surface area (Å²) in [6.07, 6.45) is 4.93. The second-order valence-corrected chi connectivity index (χ2v) is 6.05. The minimum absolute atomic E-state index is 0.0325. The summed E-state index contributed by atoms with van der Waals surface area (Å²) < 4.78 is 7.08. The predicted octanol–water partition coefficient (Wildman–Crippen LogP) is 0.795. The summed E-state index contributed by atoms with van der Waals surface area (Å²) in [7, 11) is 3.48. The Balaban J connectivity index is 1.89. The number of amides is 3. The van der Waals surface area contributed by atoms with Crippen molar-refractivity contribution < 1.29 is 14.3 Å². The van der Waals surface area contributed by atoms with Crippen molar-refractivity contribution in [2.24, 2.45) is 0 Å². The molecule has 8 nitrogen and oxygen atoms in total. The molecule has 0 unspecified atom stereocenters. The SMILES string of the molecule is CCn1cc(C(=O)NCCN(C(=O)N(C)C)C2CCOCC2)cn1. The summed E-state index contributed by atoms with van der Waals surface area (Å²) >= 11 is 0. The molecular weight excluding hydrogens is 310 g/mol. The van der Waals surface area contributed by atoms with Crippen LogP contribution in [0.4, 0.5) is 4.79 Å². The highest BCUT2D eigenvalue weighted by Crippen LogP contribution is 2.15. The molecule has 1 aliphatic rings. The van der Waals surface area contributed by atoms with Crippen molar-refractivity contribution >= 4 is 11.9 Å². The number of hydrogen-bond donors (Lipinski definition) is 1. The molecule has 2 heterocycles. The predicted molar refractivity (Wildman–Crippen MR) is 89.9 cm³/mol. The maximum absolute atomic E-state index is 12.4. The maximum Gasteiger partial charge on any atom is 0.319 e. The fourth-order valence-electron chi connectivity index (χ4n) is 2.73. The van der Waals surface area contributed by atoms with E-state index >= 15 is 0 Å². The Kier molecular flexibility index (Phi) is 6.60. The Hall–Kier alpha value is -2.09. The molecule has 0 aliphatic carbocycles. The number of nitrogens with zero attached hydrogens (tertiary/aromatic N) is 4. The molecule has 0 radical (unpaired) electrons. The molecule has 8 heteroatoms. The molecule has 134 valence electrons. The van der Waals surface area contributed by atoms with Gasteiger partial charge in [0.25, 0.3) is 5.91 Å². The van der Waals surface area contributed by atoms with Gasteiger partial charge in [-0.1, -0.05) is 0 Å². The number of aromatic nitrogens is 2. The van der Waals surface area contributed by atoms with Gasteiger partial charge in [0.05, 0.1) is 11.8 Å². The molecule has 1 aromatic rings. The van der Waals surface area contributed by atoms with Gasteiger partial charge in [0.1, 0.15) is 0 Å². The van der Waals surface area contributed by atoms with Gasteiger partial charge in [-0.3, -0.25) is 9.48 Å². The number of hydrogen-bond acceptors (Lipinski definition) is 4. The number of ether oxygens (including phenoxy) is 1. The quantitative estimate of drug-likeness (QED) is 0.832. The van der Waals surface area contributed by atoms with Gasteiger partial charge in [0, 0.05) is 59.2 Å². The van der Waals surface area contributed by atoms with Gasteiger partial charge < -0.3 is 19.9 Å². The zero-order valence-corrected chi connectivity index (χ0v) is 14.7. The van der Waals surface area contributed by atoms with Gasteiger partial charge >= 0.3 is 6.03 Å². The first-order valence-corrected chi connectivity index (χ1v) is 8.39. The molecule has 1 saturated heterocycles. The third kappa shape index (κ3) is 4.70. The Morgan fingerprint density at radius 1 is 1.38 bits per heavy atom. The summed E-state index contributed by atoms with van der Waals surface area (Å²) in [5, 5.41) is 6.96. The third-order valence-electron chi connectivity index (χ3n) is 4.12. The van der Waals surface area contributed by atoms with E-state index in [2.05, 4.69) is 10.4 Å². The summed E-state index contributed by atoms with van der Waals surface area (Å²) in [5.74, 6) is -0.168. The maximum atomic E-state index is 12.4. The molecular formula is C16H27N5O3. The van der Waals surface area contributed by atoms with E-state index in [4.69, 9.17) is 4.74 Å². The highest BCUT2D eigenvalue weighted by atomic mass is 16.5. The smallest absolute Gasteiger partial charge is 0.319 e. The molecule has 1 aromatic heterocycles. The lowest BCUT2D eigenvalue weighted by atomic mass is 10.1. The zero-order chi connectivity index (χ0) is 17.5. The molecule has 1 aliphatic heterocycles. The summed E-state index contributed by atoms with van der Waals surface area (Å²) in [5.41, 5.74) is 0.536. The molecule has 0 spiro atoms. The second-order valence-electron chi connectivity index (χ2n) is 6.05. The number of nitrogens with one attached hydrogen (secondary N) is 1. The van der Waals surface area contributed by atoms with Gasteiger partial charge in [-0.15, -0.1) is 0 Å². The first kappa shape index (κ1) is 18.3. The number of aryl methyl sites for hydroxylation is 1. The van der Waals surface area contributed by atoms with E-state index in [1.807, 2.05) is 11.8 Å². The average molecular weight is 337 g/mol. The summed E-state index contributed by atoms with van der Waals surface area (Å²) in [6, 6.07) is 0.128. The minimum atomic E-state index is -0.168. The van der Waals surface area contributed by atoms with E-state index in [1.165, 1.54) is 0 Å². The highest BCUT2D eigenvalue weighted by Gasteiger charge is 2.26. The lowest BCUT2D eigenvalue weighted by Gasteiger charge is -2.36. The van der Waals surface area contributed by atoms with Crippen LogP contribution in [0.5, 0.6) is 0 Å². The van der Waals surface area contributed by atoms with Gasteiger partial charge in [-0.25, -0.2) is 4.79 Å². The van der Waals surface area contributed by atoms with Crippen molar-refractivity contribution in [1.29, 1.82) is 0 Å². The van der Waals surface area contributed by atoms with Crippen LogP contribution in [0.1, 0.15) is 30.1 Å². The van der Waals surface area contributed by atoms with Crippen molar-refractivity contribution in [2.75, 3.05) is 40.4 Å². The molecule has 0 saturated carbocycles. The molecule has 0 aromatic carbocycles. The van der Waals surface area contributed by atoms with E-state index in [1.54, 1.807) is 36.1 Å². The number of rotatable bonds is 6. The number of carbonyl (C=O) groups is 2. The van der Waals surface area contributed by atoms with Crippen molar-refractivity contribution in [2.45, 2.75) is 32.4 Å². The molecule has 24 heavy (non-hydrogen) atoms. The van der Waals surface area contributed by atoms with Crippen LogP contribution in [0, 0.1) is 0 Å². The molecule has 1 N–H and O–H groups in total. The zero-order valence-electron chi connectivity index (χ0n) is 14.7. The second kappa shape index (κ2) is 8.68. The van der Waals surface area contributed by atoms with E-state index in [-0.39, 0.29) is 18.0 Å². The van der Waals surface area contributed by atoms with Gasteiger partial charge in [-0.05, 0) is 19.8 Å². The first-order valence-electron chi connectivity index (χ1n) is 8.39. The van der Waals surface area contributed by atoms with Crippen molar-refractivity contribution in [3.63, 3.8) is 0 Å². The highest BCUT2D eigenvalue weighted by molar-refractivity contribution is 5.93. The molecule has 0 bridgehead atoms. The lowest BCUT2D eigenvalue weighted by Crippen LogP contribution is -2.50. The monoisotopic (exact) mass is 337 g/mol. The van der Waals surface area contributed by atoms with E-state index < -0.39 is 0 Å². The van der Waals surface area contributed by atoms with Crippen LogP contribution < -0.4 is 5.32 Å². The lowest BCUT2D eigenvalue weighted by molar-refractivity contribution is 0.0415. The van der Waals surface area contributed by atoms with E-state index in [9.17, 15) is 9.59 Å². The number of urea groups is 1. The van der Waals surface area contributed by atoms with Crippen LogP contribution >= 0.6 is 0 Å². The van der Waals surface area contributed by atoms with Crippen LogP contribution in [-0.4, -0.2) is 78.0 Å². The standard InChI is InChI=1S/C16H27N5O3/c1-4-20-12-13(11-18-20)15(22)17-7-8-21(16(23)19(2)3)14-5-9-24-10-6-14/h11-12,14H,4-10H2,1-3H3,(H,17,22). The summed E-state index contributed by atoms with van der Waals surface area (Å²) in [4.78, 5) is 28.0. The summed E-state index contributed by atoms with van der Waals surface area (Å²) in [6.45, 7) is 4.92. The van der Waals surface area contributed by atoms with Gasteiger partial charge in [0.15, 0.2) is 0 Å². The van der Waals surface area contributed by atoms with Crippen molar-refractivity contribution in [1.82, 2.24) is 24.9 Å². The van der Waals surface area contributed by atoms with E-state index in [0.29, 0.717) is 31.9 Å². The first-order chi connectivity index (χ1) is 11.5. The van der Waals surface area contributed by atoms with Crippen LogP contribution in [0.15, 0.2) is 12.4 Å². The Labute approximate surface area is 142 Å².